The molecule has 108 valence electrons. The molecule has 0 saturated heterocycles. The normalized spacial score (nSPS) is 11.0. The lowest BCUT2D eigenvalue weighted by atomic mass is 10.2. The fraction of sp³-hybridized carbons (Fsp3) is 0.143. The fourth-order valence-corrected chi connectivity index (χ4v) is 2.31. The van der Waals surface area contributed by atoms with E-state index in [0.717, 1.165) is 5.56 Å². The molecule has 0 spiro atoms. The Balaban J connectivity index is 2.07. The van der Waals surface area contributed by atoms with Gasteiger partial charge in [-0.1, -0.05) is 11.6 Å². The number of aromatic nitrogens is 3. The average Bonchev–Trinajstić information content (AvgIpc) is 2.76. The highest BCUT2D eigenvalue weighted by Crippen LogP contribution is 2.25. The molecule has 0 bridgehead atoms. The maximum Gasteiger partial charge on any atom is 0.213 e. The number of benzene rings is 1. The molecule has 3 aromatic rings. The molecule has 0 radical (unpaired) electrons. The summed E-state index contributed by atoms with van der Waals surface area (Å²) in [5.41, 5.74) is 7.97. The van der Waals surface area contributed by atoms with Crippen LogP contribution >= 0.6 is 11.6 Å². The Labute approximate surface area is 125 Å². The number of nitrogens with two attached hydrogens (primary N) is 1. The summed E-state index contributed by atoms with van der Waals surface area (Å²) in [4.78, 5) is 8.24. The summed E-state index contributed by atoms with van der Waals surface area (Å²) in [7, 11) is 1.55. The lowest BCUT2D eigenvalue weighted by Gasteiger charge is -2.08. The molecule has 3 rings (SSSR count). The molecule has 0 saturated carbocycles. The van der Waals surface area contributed by atoms with Crippen LogP contribution in [0.5, 0.6) is 5.88 Å². The van der Waals surface area contributed by atoms with Gasteiger partial charge < -0.3 is 15.0 Å². The first-order valence-electron chi connectivity index (χ1n) is 6.18. The molecule has 2 N–H and O–H groups in total. The molecular formula is C14H12ClFN4O. The van der Waals surface area contributed by atoms with Gasteiger partial charge in [-0.3, -0.25) is 0 Å². The van der Waals surface area contributed by atoms with Crippen LogP contribution in [-0.2, 0) is 6.54 Å². The number of fused-ring (bicyclic) bond motifs is 1. The molecular weight excluding hydrogens is 295 g/mol. The summed E-state index contributed by atoms with van der Waals surface area (Å²) in [6.07, 6.45) is 1.64. The number of nitrogens with zero attached hydrogens (tertiary/aromatic N) is 3. The Morgan fingerprint density at radius 1 is 1.38 bits per heavy atom. The summed E-state index contributed by atoms with van der Waals surface area (Å²) < 4.78 is 20.4. The third-order valence-electron chi connectivity index (χ3n) is 3.17. The van der Waals surface area contributed by atoms with Gasteiger partial charge in [-0.2, -0.15) is 0 Å². The van der Waals surface area contributed by atoms with Crippen molar-refractivity contribution >= 4 is 28.6 Å². The van der Waals surface area contributed by atoms with Crippen LogP contribution in [0.3, 0.4) is 0 Å². The number of halogens is 2. The van der Waals surface area contributed by atoms with E-state index in [-0.39, 0.29) is 5.02 Å². The Kier molecular flexibility index (Phi) is 3.39. The van der Waals surface area contributed by atoms with Crippen molar-refractivity contribution in [1.82, 2.24) is 14.5 Å². The van der Waals surface area contributed by atoms with Crippen LogP contribution in [0.15, 0.2) is 30.5 Å². The minimum Gasteiger partial charge on any atom is -0.481 e. The third-order valence-corrected chi connectivity index (χ3v) is 3.46. The van der Waals surface area contributed by atoms with E-state index in [2.05, 4.69) is 9.97 Å². The fourth-order valence-electron chi connectivity index (χ4n) is 2.15. The van der Waals surface area contributed by atoms with Gasteiger partial charge in [-0.05, 0) is 17.7 Å². The topological polar surface area (TPSA) is 66.0 Å². The Bertz CT molecular complexity index is 818. The van der Waals surface area contributed by atoms with E-state index in [1.807, 2.05) is 6.07 Å². The predicted octanol–water partition coefficient (Wildman–Crippen LogP) is 2.86. The monoisotopic (exact) mass is 306 g/mol. The minimum atomic E-state index is -0.502. The highest BCUT2D eigenvalue weighted by Gasteiger charge is 2.12. The molecule has 0 aliphatic rings. The van der Waals surface area contributed by atoms with E-state index in [0.29, 0.717) is 29.4 Å². The molecule has 0 aliphatic heterocycles. The molecule has 0 aliphatic carbocycles. The van der Waals surface area contributed by atoms with E-state index in [1.165, 1.54) is 12.1 Å². The van der Waals surface area contributed by atoms with Crippen LogP contribution in [0.4, 0.5) is 10.3 Å². The van der Waals surface area contributed by atoms with Crippen LogP contribution in [0.2, 0.25) is 5.02 Å². The van der Waals surface area contributed by atoms with E-state index in [9.17, 15) is 4.39 Å². The van der Waals surface area contributed by atoms with Crippen molar-refractivity contribution in [2.45, 2.75) is 6.54 Å². The number of rotatable bonds is 3. The highest BCUT2D eigenvalue weighted by atomic mass is 35.5. The average molecular weight is 307 g/mol. The van der Waals surface area contributed by atoms with Crippen LogP contribution in [0, 0.1) is 5.82 Å². The number of hydrogen-bond acceptors (Lipinski definition) is 4. The second-order valence-electron chi connectivity index (χ2n) is 4.52. The molecule has 7 heteroatoms. The predicted molar refractivity (Wildman–Crippen MR) is 79.0 cm³/mol. The maximum atomic E-state index is 13.7. The largest absolute Gasteiger partial charge is 0.481 e. The molecule has 1 aromatic carbocycles. The Morgan fingerprint density at radius 3 is 2.95 bits per heavy atom. The summed E-state index contributed by atoms with van der Waals surface area (Å²) in [6.45, 7) is 0.433. The van der Waals surface area contributed by atoms with Crippen LogP contribution in [0.25, 0.3) is 11.0 Å². The lowest BCUT2D eigenvalue weighted by molar-refractivity contribution is 0.397. The van der Waals surface area contributed by atoms with Gasteiger partial charge in [-0.25, -0.2) is 14.4 Å². The van der Waals surface area contributed by atoms with Crippen molar-refractivity contribution in [1.29, 1.82) is 0 Å². The second-order valence-corrected chi connectivity index (χ2v) is 4.92. The molecule has 0 fully saturated rings. The van der Waals surface area contributed by atoms with Crippen molar-refractivity contribution in [3.8, 4) is 5.88 Å². The smallest absolute Gasteiger partial charge is 0.213 e. The van der Waals surface area contributed by atoms with Crippen LogP contribution < -0.4 is 10.5 Å². The number of ether oxygens (including phenoxy) is 1. The maximum absolute atomic E-state index is 13.7. The van der Waals surface area contributed by atoms with Gasteiger partial charge in [0.2, 0.25) is 11.8 Å². The first-order valence-corrected chi connectivity index (χ1v) is 6.56. The number of imidazole rings is 1. The number of hydrogen-bond donors (Lipinski definition) is 1. The lowest BCUT2D eigenvalue weighted by Crippen LogP contribution is -2.05. The molecule has 21 heavy (non-hydrogen) atoms. The van der Waals surface area contributed by atoms with E-state index >= 15 is 0 Å². The Morgan fingerprint density at radius 2 is 2.19 bits per heavy atom. The van der Waals surface area contributed by atoms with Gasteiger partial charge in [-0.15, -0.1) is 0 Å². The van der Waals surface area contributed by atoms with Crippen LogP contribution in [0.1, 0.15) is 5.56 Å². The number of anilines is 1. The molecule has 2 aromatic heterocycles. The van der Waals surface area contributed by atoms with Gasteiger partial charge in [0.15, 0.2) is 0 Å². The van der Waals surface area contributed by atoms with Crippen LogP contribution in [-0.4, -0.2) is 21.6 Å². The van der Waals surface area contributed by atoms with Crippen molar-refractivity contribution in [3.63, 3.8) is 0 Å². The molecule has 5 nitrogen and oxygen atoms in total. The van der Waals surface area contributed by atoms with E-state index in [1.54, 1.807) is 23.9 Å². The van der Waals surface area contributed by atoms with E-state index in [4.69, 9.17) is 22.1 Å². The van der Waals surface area contributed by atoms with Gasteiger partial charge >= 0.3 is 0 Å². The van der Waals surface area contributed by atoms with Crippen molar-refractivity contribution in [2.24, 2.45) is 0 Å². The summed E-state index contributed by atoms with van der Waals surface area (Å²) >= 11 is 5.76. The highest BCUT2D eigenvalue weighted by molar-refractivity contribution is 6.31. The summed E-state index contributed by atoms with van der Waals surface area (Å²) in [5.74, 6) is 0.296. The quantitative estimate of drug-likeness (QED) is 0.808. The summed E-state index contributed by atoms with van der Waals surface area (Å²) in [6, 6.07) is 6.42. The summed E-state index contributed by atoms with van der Waals surface area (Å²) in [5, 5.41) is 0.0257. The van der Waals surface area contributed by atoms with Crippen molar-refractivity contribution in [2.75, 3.05) is 12.8 Å². The molecule has 0 atom stereocenters. The number of methoxy groups -OCH3 is 1. The van der Waals surface area contributed by atoms with Crippen molar-refractivity contribution in [3.05, 3.63) is 46.9 Å². The van der Waals surface area contributed by atoms with E-state index < -0.39 is 5.82 Å². The third kappa shape index (κ3) is 2.50. The first-order chi connectivity index (χ1) is 10.1. The van der Waals surface area contributed by atoms with Crippen molar-refractivity contribution < 1.29 is 9.13 Å². The standard InChI is InChI=1S/C14H12ClFN4O/c1-21-13-4-8(2-3-18-13)7-20-12-6-10(16)9(15)5-11(12)19-14(20)17/h2-6H,7H2,1H3,(H2,17,19). The molecule has 2 heterocycles. The van der Waals surface area contributed by atoms with Gasteiger partial charge in [0, 0.05) is 18.3 Å². The first kappa shape index (κ1) is 13.6. The molecule has 0 unspecified atom stereocenters. The zero-order chi connectivity index (χ0) is 15.0. The van der Waals surface area contributed by atoms with Gasteiger partial charge in [0.25, 0.3) is 0 Å². The second kappa shape index (κ2) is 5.21. The number of nitrogen functional groups attached to an aromatic ring is 1. The zero-order valence-corrected chi connectivity index (χ0v) is 11.9. The molecule has 0 amide bonds. The van der Waals surface area contributed by atoms with Gasteiger partial charge in [0.05, 0.1) is 29.7 Å². The Hall–Kier alpha value is -2.34. The SMILES string of the molecule is COc1cc(Cn2c(N)nc3cc(Cl)c(F)cc32)ccn1. The van der Waals surface area contributed by atoms with Gasteiger partial charge in [0.1, 0.15) is 5.82 Å². The minimum absolute atomic E-state index is 0.0257. The zero-order valence-electron chi connectivity index (χ0n) is 11.2. The number of pyridine rings is 1.